The van der Waals surface area contributed by atoms with Crippen LogP contribution in [0.5, 0.6) is 0 Å². The molecule has 1 rings (SSSR count). The third-order valence-corrected chi connectivity index (χ3v) is 3.94. The first-order valence-corrected chi connectivity index (χ1v) is 8.13. The van der Waals surface area contributed by atoms with E-state index >= 15 is 0 Å². The Morgan fingerprint density at radius 2 is 1.91 bits per heavy atom. The molecule has 0 saturated carbocycles. The number of unbranched alkanes of at least 4 members (excludes halogenated alkanes) is 1. The Morgan fingerprint density at radius 3 is 2.41 bits per heavy atom. The molecule has 0 aliphatic rings. The first kappa shape index (κ1) is 18.1. The number of hydrogen-bond acceptors (Lipinski definition) is 0. The number of rotatable bonds is 7. The molecule has 0 spiro atoms. The molecule has 1 aromatic rings. The van der Waals surface area contributed by atoms with Gasteiger partial charge in [-0.3, -0.25) is 0 Å². The fraction of sp³-hybridized carbons (Fsp3) is 0.364. The van der Waals surface area contributed by atoms with Crippen molar-refractivity contribution in [3.63, 3.8) is 0 Å². The van der Waals surface area contributed by atoms with Gasteiger partial charge in [-0.15, -0.1) is 6.42 Å². The van der Waals surface area contributed by atoms with Gasteiger partial charge in [-0.05, 0) is 48.5 Å². The SMILES string of the molecule is C#CC(/C=C(\C(=C)C(C)C)c1ccccc1)=C(/C)CCCC. The lowest BCUT2D eigenvalue weighted by atomic mass is 9.89. The smallest absolute Gasteiger partial charge is 0.0238 e. The molecule has 0 unspecified atom stereocenters. The minimum Gasteiger partial charge on any atom is -0.115 e. The van der Waals surface area contributed by atoms with E-state index < -0.39 is 0 Å². The van der Waals surface area contributed by atoms with Crippen molar-refractivity contribution in [1.82, 2.24) is 0 Å². The van der Waals surface area contributed by atoms with Gasteiger partial charge in [-0.1, -0.05) is 75.6 Å². The van der Waals surface area contributed by atoms with Gasteiger partial charge in [0.1, 0.15) is 0 Å². The molecule has 0 saturated heterocycles. The van der Waals surface area contributed by atoms with Crippen molar-refractivity contribution in [2.45, 2.75) is 47.0 Å². The molecule has 0 aliphatic heterocycles. The van der Waals surface area contributed by atoms with Crippen LogP contribution in [0.4, 0.5) is 0 Å². The molecule has 0 fully saturated rings. The summed E-state index contributed by atoms with van der Waals surface area (Å²) >= 11 is 0. The second kappa shape index (κ2) is 9.11. The third kappa shape index (κ3) is 5.08. The fourth-order valence-electron chi connectivity index (χ4n) is 2.30. The summed E-state index contributed by atoms with van der Waals surface area (Å²) < 4.78 is 0. The minimum atomic E-state index is 0.390. The average Bonchev–Trinajstić information content (AvgIpc) is 2.53. The Hall–Kier alpha value is -2.00. The Labute approximate surface area is 136 Å². The largest absolute Gasteiger partial charge is 0.115 e. The number of terminal acetylenes is 1. The van der Waals surface area contributed by atoms with Crippen molar-refractivity contribution in [3.05, 3.63) is 65.3 Å². The van der Waals surface area contributed by atoms with Gasteiger partial charge in [0.05, 0.1) is 0 Å². The topological polar surface area (TPSA) is 0 Å². The van der Waals surface area contributed by atoms with Crippen molar-refractivity contribution in [3.8, 4) is 12.3 Å². The van der Waals surface area contributed by atoms with Gasteiger partial charge in [-0.2, -0.15) is 0 Å². The first-order chi connectivity index (χ1) is 10.5. The molecule has 1 aromatic carbocycles. The van der Waals surface area contributed by atoms with Crippen molar-refractivity contribution >= 4 is 5.57 Å². The molecular formula is C22H28. The van der Waals surface area contributed by atoms with Crippen LogP contribution < -0.4 is 0 Å². The maximum absolute atomic E-state index is 5.77. The molecule has 116 valence electrons. The maximum atomic E-state index is 5.77. The zero-order valence-corrected chi connectivity index (χ0v) is 14.4. The third-order valence-electron chi connectivity index (χ3n) is 3.94. The van der Waals surface area contributed by atoms with E-state index in [0.29, 0.717) is 5.92 Å². The molecule has 0 N–H and O–H groups in total. The van der Waals surface area contributed by atoms with Crippen LogP contribution in [0, 0.1) is 18.3 Å². The van der Waals surface area contributed by atoms with E-state index in [-0.39, 0.29) is 0 Å². The van der Waals surface area contributed by atoms with Gasteiger partial charge in [0.2, 0.25) is 0 Å². The highest BCUT2D eigenvalue weighted by molar-refractivity contribution is 5.81. The Bertz CT molecular complexity index is 589. The molecule has 0 aliphatic carbocycles. The summed E-state index contributed by atoms with van der Waals surface area (Å²) in [5, 5.41) is 0. The molecule has 0 aromatic heterocycles. The van der Waals surface area contributed by atoms with Crippen LogP contribution in [-0.4, -0.2) is 0 Å². The van der Waals surface area contributed by atoms with Gasteiger partial charge in [0.15, 0.2) is 0 Å². The Kier molecular flexibility index (Phi) is 7.47. The second-order valence-corrected chi connectivity index (χ2v) is 6.05. The van der Waals surface area contributed by atoms with Crippen LogP contribution in [0.1, 0.15) is 52.5 Å². The highest BCUT2D eigenvalue weighted by Gasteiger charge is 2.10. The molecule has 0 heterocycles. The van der Waals surface area contributed by atoms with E-state index in [0.717, 1.165) is 23.1 Å². The van der Waals surface area contributed by atoms with Crippen molar-refractivity contribution in [2.24, 2.45) is 5.92 Å². The van der Waals surface area contributed by atoms with Gasteiger partial charge in [0, 0.05) is 5.57 Å². The van der Waals surface area contributed by atoms with E-state index in [9.17, 15) is 0 Å². The van der Waals surface area contributed by atoms with E-state index in [4.69, 9.17) is 6.42 Å². The number of benzene rings is 1. The molecule has 0 nitrogen and oxygen atoms in total. The summed E-state index contributed by atoms with van der Waals surface area (Å²) in [6, 6.07) is 10.4. The summed E-state index contributed by atoms with van der Waals surface area (Å²) in [6.45, 7) is 13.0. The van der Waals surface area contributed by atoms with Crippen LogP contribution in [0.25, 0.3) is 5.57 Å². The number of hydrogen-bond donors (Lipinski definition) is 0. The van der Waals surface area contributed by atoms with Crippen LogP contribution in [0.15, 0.2) is 59.7 Å². The van der Waals surface area contributed by atoms with E-state index in [1.54, 1.807) is 0 Å². The van der Waals surface area contributed by atoms with Crippen molar-refractivity contribution in [1.29, 1.82) is 0 Å². The van der Waals surface area contributed by atoms with Crippen LogP contribution in [0.2, 0.25) is 0 Å². The monoisotopic (exact) mass is 292 g/mol. The van der Waals surface area contributed by atoms with E-state index in [1.165, 1.54) is 24.0 Å². The highest BCUT2D eigenvalue weighted by Crippen LogP contribution is 2.29. The summed E-state index contributed by atoms with van der Waals surface area (Å²) in [6.07, 6.45) is 11.3. The predicted molar refractivity (Wildman–Crippen MR) is 99.5 cm³/mol. The highest BCUT2D eigenvalue weighted by atomic mass is 14.1. The lowest BCUT2D eigenvalue weighted by Gasteiger charge is -2.15. The van der Waals surface area contributed by atoms with E-state index in [2.05, 4.69) is 70.5 Å². The van der Waals surface area contributed by atoms with Crippen molar-refractivity contribution < 1.29 is 0 Å². The standard InChI is InChI=1S/C22H28/c1-7-9-13-18(5)20(8-2)16-22(19(6)17(3)4)21-14-11-10-12-15-21/h2,10-12,14-17H,6-7,9,13H2,1,3-5H3/b20-18+,22-16+. The Balaban J connectivity index is 3.31. The predicted octanol–water partition coefficient (Wildman–Crippen LogP) is 6.42. The normalized spacial score (nSPS) is 12.8. The average molecular weight is 292 g/mol. The molecule has 0 atom stereocenters. The summed E-state index contributed by atoms with van der Waals surface area (Å²) in [5.41, 5.74) is 5.74. The maximum Gasteiger partial charge on any atom is 0.0238 e. The second-order valence-electron chi connectivity index (χ2n) is 6.05. The molecule has 0 heteroatoms. The number of allylic oxidation sites excluding steroid dienone is 5. The molecule has 0 amide bonds. The fourth-order valence-corrected chi connectivity index (χ4v) is 2.30. The van der Waals surface area contributed by atoms with Crippen LogP contribution >= 0.6 is 0 Å². The van der Waals surface area contributed by atoms with Crippen LogP contribution in [-0.2, 0) is 0 Å². The molecule has 0 bridgehead atoms. The summed E-state index contributed by atoms with van der Waals surface area (Å²) in [4.78, 5) is 0. The molecular weight excluding hydrogens is 264 g/mol. The quantitative estimate of drug-likeness (QED) is 0.401. The molecule has 0 radical (unpaired) electrons. The lowest BCUT2D eigenvalue weighted by Crippen LogP contribution is -1.98. The van der Waals surface area contributed by atoms with Gasteiger partial charge in [0.25, 0.3) is 0 Å². The molecule has 22 heavy (non-hydrogen) atoms. The first-order valence-electron chi connectivity index (χ1n) is 8.13. The Morgan fingerprint density at radius 1 is 1.27 bits per heavy atom. The van der Waals surface area contributed by atoms with Crippen LogP contribution in [0.3, 0.4) is 0 Å². The van der Waals surface area contributed by atoms with Gasteiger partial charge < -0.3 is 0 Å². The summed E-state index contributed by atoms with van der Waals surface area (Å²) in [5.74, 6) is 3.26. The minimum absolute atomic E-state index is 0.390. The zero-order chi connectivity index (χ0) is 16.5. The van der Waals surface area contributed by atoms with Gasteiger partial charge >= 0.3 is 0 Å². The zero-order valence-electron chi connectivity index (χ0n) is 14.4. The van der Waals surface area contributed by atoms with Crippen molar-refractivity contribution in [2.75, 3.05) is 0 Å². The lowest BCUT2D eigenvalue weighted by molar-refractivity contribution is 0.785. The van der Waals surface area contributed by atoms with Gasteiger partial charge in [-0.25, -0.2) is 0 Å². The summed E-state index contributed by atoms with van der Waals surface area (Å²) in [7, 11) is 0. The van der Waals surface area contributed by atoms with E-state index in [1.807, 2.05) is 6.07 Å².